The number of rotatable bonds is 2. The topological polar surface area (TPSA) is 88.7 Å². The summed E-state index contributed by atoms with van der Waals surface area (Å²) in [5.41, 5.74) is 6.43. The predicted molar refractivity (Wildman–Crippen MR) is 77.5 cm³/mol. The van der Waals surface area contributed by atoms with Gasteiger partial charge in [0.05, 0.1) is 43.0 Å². The van der Waals surface area contributed by atoms with Gasteiger partial charge in [-0.2, -0.15) is 0 Å². The van der Waals surface area contributed by atoms with E-state index in [9.17, 15) is 9.90 Å². The van der Waals surface area contributed by atoms with Crippen LogP contribution in [0.3, 0.4) is 0 Å². The van der Waals surface area contributed by atoms with Gasteiger partial charge in [0.2, 0.25) is 0 Å². The van der Waals surface area contributed by atoms with Crippen LogP contribution in [0.5, 0.6) is 0 Å². The number of carbonyl (C=O) groups excluding carboxylic acids is 1. The third-order valence-corrected chi connectivity index (χ3v) is 3.35. The number of morpholine rings is 1. The number of carbonyl (C=O) groups is 1. The number of aliphatic hydroxyl groups is 1. The van der Waals surface area contributed by atoms with E-state index in [2.05, 4.69) is 16.8 Å². The van der Waals surface area contributed by atoms with Crippen LogP contribution in [-0.4, -0.2) is 59.3 Å². The highest BCUT2D eigenvalue weighted by molar-refractivity contribution is 5.96. The van der Waals surface area contributed by atoms with Gasteiger partial charge >= 0.3 is 0 Å². The molecule has 0 aromatic carbocycles. The zero-order valence-electron chi connectivity index (χ0n) is 12.0. The van der Waals surface area contributed by atoms with Gasteiger partial charge in [0.15, 0.2) is 0 Å². The van der Waals surface area contributed by atoms with Crippen LogP contribution < -0.4 is 5.73 Å². The monoisotopic (exact) mass is 289 g/mol. The first-order valence-corrected chi connectivity index (χ1v) is 6.83. The van der Waals surface area contributed by atoms with Crippen molar-refractivity contribution >= 4 is 5.91 Å². The maximum atomic E-state index is 12.7. The standard InChI is InChI=1S/C15H19N3O3/c1-11-10-21-13(9-19)8-18(11)15(20)14-4-6-17-7-12(14)3-2-5-16/h4,6-7,11,13,19H,5,8-10,16H2,1H3. The molecule has 1 aliphatic rings. The number of pyridine rings is 1. The number of aliphatic hydroxyl groups excluding tert-OH is 1. The van der Waals surface area contributed by atoms with Crippen molar-refractivity contribution < 1.29 is 14.6 Å². The molecule has 6 heteroatoms. The van der Waals surface area contributed by atoms with Gasteiger partial charge in [0, 0.05) is 18.9 Å². The molecule has 0 bridgehead atoms. The lowest BCUT2D eigenvalue weighted by molar-refractivity contribution is -0.0667. The third-order valence-electron chi connectivity index (χ3n) is 3.35. The molecule has 112 valence electrons. The summed E-state index contributed by atoms with van der Waals surface area (Å²) in [4.78, 5) is 18.4. The molecule has 3 N–H and O–H groups in total. The maximum absolute atomic E-state index is 12.7. The largest absolute Gasteiger partial charge is 0.394 e. The average molecular weight is 289 g/mol. The summed E-state index contributed by atoms with van der Waals surface area (Å²) in [5, 5.41) is 9.21. The smallest absolute Gasteiger partial charge is 0.255 e. The van der Waals surface area contributed by atoms with Crippen molar-refractivity contribution in [1.29, 1.82) is 0 Å². The lowest BCUT2D eigenvalue weighted by atomic mass is 10.1. The number of hydrogen-bond donors (Lipinski definition) is 2. The summed E-state index contributed by atoms with van der Waals surface area (Å²) in [5.74, 6) is 5.47. The van der Waals surface area contributed by atoms with Crippen LogP contribution in [0.25, 0.3) is 0 Å². The molecule has 0 spiro atoms. The first-order valence-electron chi connectivity index (χ1n) is 6.83. The Morgan fingerprint density at radius 2 is 2.48 bits per heavy atom. The summed E-state index contributed by atoms with van der Waals surface area (Å²) >= 11 is 0. The summed E-state index contributed by atoms with van der Waals surface area (Å²) in [6, 6.07) is 1.60. The first-order chi connectivity index (χ1) is 10.2. The molecule has 21 heavy (non-hydrogen) atoms. The Morgan fingerprint density at radius 3 is 3.19 bits per heavy atom. The van der Waals surface area contributed by atoms with E-state index in [-0.39, 0.29) is 31.2 Å². The van der Waals surface area contributed by atoms with Gasteiger partial charge in [-0.15, -0.1) is 0 Å². The van der Waals surface area contributed by atoms with Gasteiger partial charge < -0.3 is 20.5 Å². The van der Waals surface area contributed by atoms with Crippen LogP contribution in [0.15, 0.2) is 18.5 Å². The van der Waals surface area contributed by atoms with Crippen LogP contribution in [0.4, 0.5) is 0 Å². The van der Waals surface area contributed by atoms with Crippen molar-refractivity contribution in [2.24, 2.45) is 5.73 Å². The fourth-order valence-electron chi connectivity index (χ4n) is 2.19. The van der Waals surface area contributed by atoms with Gasteiger partial charge in [0.1, 0.15) is 0 Å². The fraction of sp³-hybridized carbons (Fsp3) is 0.467. The highest BCUT2D eigenvalue weighted by atomic mass is 16.5. The summed E-state index contributed by atoms with van der Waals surface area (Å²) in [6.45, 7) is 2.81. The Labute approximate surface area is 123 Å². The SMILES string of the molecule is CC1COC(CO)CN1C(=O)c1ccncc1C#CCN. The molecule has 1 aromatic heterocycles. The van der Waals surface area contributed by atoms with Crippen LogP contribution in [-0.2, 0) is 4.74 Å². The second-order valence-corrected chi connectivity index (χ2v) is 4.87. The van der Waals surface area contributed by atoms with E-state index in [1.165, 1.54) is 0 Å². The lowest BCUT2D eigenvalue weighted by Crippen LogP contribution is -2.52. The number of nitrogens with zero attached hydrogens (tertiary/aromatic N) is 2. The zero-order chi connectivity index (χ0) is 15.2. The van der Waals surface area contributed by atoms with Crippen LogP contribution in [0, 0.1) is 11.8 Å². The number of ether oxygens (including phenoxy) is 1. The lowest BCUT2D eigenvalue weighted by Gasteiger charge is -2.37. The van der Waals surface area contributed by atoms with Crippen LogP contribution in [0.2, 0.25) is 0 Å². The molecule has 2 rings (SSSR count). The van der Waals surface area contributed by atoms with Crippen molar-refractivity contribution in [3.63, 3.8) is 0 Å². The predicted octanol–water partition coefficient (Wildman–Crippen LogP) is -0.386. The van der Waals surface area contributed by atoms with Crippen LogP contribution >= 0.6 is 0 Å². The quantitative estimate of drug-likeness (QED) is 0.724. The maximum Gasteiger partial charge on any atom is 0.255 e. The number of aromatic nitrogens is 1. The van der Waals surface area contributed by atoms with Crippen molar-refractivity contribution in [1.82, 2.24) is 9.88 Å². The number of amides is 1. The average Bonchev–Trinajstić information content (AvgIpc) is 2.53. The van der Waals surface area contributed by atoms with E-state index in [4.69, 9.17) is 10.5 Å². The minimum Gasteiger partial charge on any atom is -0.394 e. The minimum absolute atomic E-state index is 0.0521. The van der Waals surface area contributed by atoms with Crippen LogP contribution in [0.1, 0.15) is 22.8 Å². The molecule has 1 fully saturated rings. The molecule has 1 saturated heterocycles. The summed E-state index contributed by atoms with van der Waals surface area (Å²) in [6.07, 6.45) is 2.78. The normalized spacial score (nSPS) is 21.6. The summed E-state index contributed by atoms with van der Waals surface area (Å²) in [7, 11) is 0. The molecule has 0 saturated carbocycles. The van der Waals surface area contributed by atoms with E-state index in [1.54, 1.807) is 23.4 Å². The van der Waals surface area contributed by atoms with Crippen molar-refractivity contribution in [3.8, 4) is 11.8 Å². The Morgan fingerprint density at radius 1 is 1.67 bits per heavy atom. The highest BCUT2D eigenvalue weighted by Crippen LogP contribution is 2.17. The van der Waals surface area contributed by atoms with Gasteiger partial charge in [0.25, 0.3) is 5.91 Å². The molecular formula is C15H19N3O3. The van der Waals surface area contributed by atoms with E-state index in [1.807, 2.05) is 6.92 Å². The molecule has 6 nitrogen and oxygen atoms in total. The first kappa shape index (κ1) is 15.4. The molecule has 1 aliphatic heterocycles. The molecular weight excluding hydrogens is 270 g/mol. The molecule has 2 heterocycles. The van der Waals surface area contributed by atoms with Gasteiger partial charge in [-0.3, -0.25) is 9.78 Å². The Bertz CT molecular complexity index is 565. The molecule has 1 amide bonds. The third kappa shape index (κ3) is 3.58. The number of hydrogen-bond acceptors (Lipinski definition) is 5. The van der Waals surface area contributed by atoms with Gasteiger partial charge in [-0.25, -0.2) is 0 Å². The Balaban J connectivity index is 2.26. The fourth-order valence-corrected chi connectivity index (χ4v) is 2.19. The second-order valence-electron chi connectivity index (χ2n) is 4.87. The Kier molecular flexibility index (Phi) is 5.28. The molecule has 1 aromatic rings. The molecule has 2 unspecified atom stereocenters. The van der Waals surface area contributed by atoms with E-state index in [0.29, 0.717) is 24.3 Å². The van der Waals surface area contributed by atoms with E-state index in [0.717, 1.165) is 0 Å². The van der Waals surface area contributed by atoms with E-state index >= 15 is 0 Å². The molecule has 0 aliphatic carbocycles. The van der Waals surface area contributed by atoms with Crippen molar-refractivity contribution in [2.75, 3.05) is 26.3 Å². The molecule has 2 atom stereocenters. The van der Waals surface area contributed by atoms with Crippen molar-refractivity contribution in [3.05, 3.63) is 29.6 Å². The van der Waals surface area contributed by atoms with Gasteiger partial charge in [-0.1, -0.05) is 11.8 Å². The zero-order valence-corrected chi connectivity index (χ0v) is 12.0. The minimum atomic E-state index is -0.342. The van der Waals surface area contributed by atoms with Crippen molar-refractivity contribution in [2.45, 2.75) is 19.1 Å². The highest BCUT2D eigenvalue weighted by Gasteiger charge is 2.30. The van der Waals surface area contributed by atoms with E-state index < -0.39 is 0 Å². The van der Waals surface area contributed by atoms with Gasteiger partial charge in [-0.05, 0) is 13.0 Å². The summed E-state index contributed by atoms with van der Waals surface area (Å²) < 4.78 is 5.45. The second kappa shape index (κ2) is 7.18. The number of nitrogens with two attached hydrogens (primary N) is 1. The Hall–Kier alpha value is -1.94. The molecule has 0 radical (unpaired) electrons.